The second kappa shape index (κ2) is 6.99. The molecule has 1 atom stereocenters. The van der Waals surface area contributed by atoms with Crippen molar-refractivity contribution in [2.75, 3.05) is 0 Å². The molecule has 3 heteroatoms. The third-order valence-electron chi connectivity index (χ3n) is 6.15. The number of pyridine rings is 3. The van der Waals surface area contributed by atoms with Crippen molar-refractivity contribution in [3.05, 3.63) is 138 Å². The van der Waals surface area contributed by atoms with Crippen molar-refractivity contribution in [3.63, 3.8) is 0 Å². The van der Waals surface area contributed by atoms with Crippen molar-refractivity contribution in [3.8, 4) is 22.4 Å². The topological polar surface area (TPSA) is 38.7 Å². The van der Waals surface area contributed by atoms with Crippen LogP contribution in [0, 0.1) is 0 Å². The van der Waals surface area contributed by atoms with Crippen LogP contribution in [0.5, 0.6) is 0 Å². The average molecular weight is 397 g/mol. The summed E-state index contributed by atoms with van der Waals surface area (Å²) in [6.45, 7) is 0. The fraction of sp³-hybridized carbons (Fsp3) is 0.0357. The van der Waals surface area contributed by atoms with E-state index in [4.69, 9.17) is 9.97 Å². The van der Waals surface area contributed by atoms with E-state index in [0.717, 1.165) is 22.5 Å². The van der Waals surface area contributed by atoms with Gasteiger partial charge in [0.1, 0.15) is 0 Å². The first-order chi connectivity index (χ1) is 15.4. The van der Waals surface area contributed by atoms with Gasteiger partial charge in [-0.2, -0.15) is 0 Å². The van der Waals surface area contributed by atoms with Crippen LogP contribution in [0.25, 0.3) is 22.4 Å². The Morgan fingerprint density at radius 1 is 0.548 bits per heavy atom. The number of fused-ring (bicyclic) bond motifs is 3. The maximum absolute atomic E-state index is 4.89. The van der Waals surface area contributed by atoms with E-state index in [2.05, 4.69) is 71.7 Å². The smallest absolute Gasteiger partial charge is 0.0907 e. The molecule has 0 fully saturated rings. The molecule has 3 aromatic heterocycles. The zero-order chi connectivity index (χ0) is 20.7. The molecule has 0 N–H and O–H groups in total. The largest absolute Gasteiger partial charge is 0.264 e. The van der Waals surface area contributed by atoms with Crippen molar-refractivity contribution in [1.29, 1.82) is 0 Å². The molecule has 0 bridgehead atoms. The third-order valence-corrected chi connectivity index (χ3v) is 6.15. The first-order valence-electron chi connectivity index (χ1n) is 10.4. The summed E-state index contributed by atoms with van der Waals surface area (Å²) in [4.78, 5) is 14.1. The number of hydrogen-bond donors (Lipinski definition) is 0. The van der Waals surface area contributed by atoms with E-state index in [1.165, 1.54) is 22.3 Å². The van der Waals surface area contributed by atoms with Gasteiger partial charge in [0.15, 0.2) is 0 Å². The average Bonchev–Trinajstić information content (AvgIpc) is 3.17. The van der Waals surface area contributed by atoms with Crippen LogP contribution in [0.2, 0.25) is 0 Å². The molecule has 5 aromatic rings. The van der Waals surface area contributed by atoms with Crippen LogP contribution < -0.4 is 0 Å². The summed E-state index contributed by atoms with van der Waals surface area (Å²) in [5.74, 6) is 0. The number of nitrogens with zero attached hydrogens (tertiary/aromatic N) is 3. The molecular weight excluding hydrogens is 378 g/mol. The normalized spacial score (nSPS) is 16.5. The van der Waals surface area contributed by atoms with Gasteiger partial charge >= 0.3 is 0 Å². The number of rotatable bonds is 3. The molecule has 0 radical (unpaired) electrons. The van der Waals surface area contributed by atoms with E-state index in [1.807, 2.05) is 49.1 Å². The minimum Gasteiger partial charge on any atom is -0.264 e. The van der Waals surface area contributed by atoms with Crippen LogP contribution in [0.1, 0.15) is 22.4 Å². The Bertz CT molecular complexity index is 1320. The highest BCUT2D eigenvalue weighted by molar-refractivity contribution is 5.91. The molecular formula is C28H19N3. The molecule has 0 amide bonds. The Hall–Kier alpha value is -4.11. The molecule has 3 heterocycles. The second-order valence-corrected chi connectivity index (χ2v) is 7.70. The Morgan fingerprint density at radius 2 is 1.32 bits per heavy atom. The maximum atomic E-state index is 4.89. The molecule has 0 aliphatic heterocycles. The predicted molar refractivity (Wildman–Crippen MR) is 123 cm³/mol. The maximum Gasteiger partial charge on any atom is 0.0907 e. The van der Waals surface area contributed by atoms with Crippen LogP contribution in [0.15, 0.2) is 116 Å². The highest BCUT2D eigenvalue weighted by Crippen LogP contribution is 2.57. The molecule has 1 aliphatic carbocycles. The lowest BCUT2D eigenvalue weighted by molar-refractivity contribution is 0.731. The van der Waals surface area contributed by atoms with E-state index in [9.17, 15) is 0 Å². The minimum atomic E-state index is -0.574. The Balaban J connectivity index is 1.82. The fourth-order valence-corrected chi connectivity index (χ4v) is 4.98. The quantitative estimate of drug-likeness (QED) is 0.373. The summed E-state index contributed by atoms with van der Waals surface area (Å²) in [5, 5.41) is 0. The lowest BCUT2D eigenvalue weighted by Crippen LogP contribution is -2.30. The van der Waals surface area contributed by atoms with Crippen LogP contribution in [-0.2, 0) is 5.41 Å². The first-order valence-corrected chi connectivity index (χ1v) is 10.4. The Labute approximate surface area is 181 Å². The molecule has 1 aliphatic rings. The second-order valence-electron chi connectivity index (χ2n) is 7.70. The standard InChI is InChI=1S/C28H19N3/c1-2-13-24-21(10-1)22-11-7-12-23(25-14-3-5-17-30-25)27(22)28(24,20-9-8-16-29-19-20)26-15-4-6-18-31-26/h1-19H. The van der Waals surface area contributed by atoms with Gasteiger partial charge in [-0.1, -0.05) is 60.7 Å². The third kappa shape index (κ3) is 2.50. The van der Waals surface area contributed by atoms with Gasteiger partial charge < -0.3 is 0 Å². The molecule has 0 saturated carbocycles. The van der Waals surface area contributed by atoms with Crippen molar-refractivity contribution in [2.24, 2.45) is 0 Å². The van der Waals surface area contributed by atoms with Gasteiger partial charge in [0.25, 0.3) is 0 Å². The summed E-state index contributed by atoms with van der Waals surface area (Å²) in [6, 6.07) is 31.5. The van der Waals surface area contributed by atoms with Crippen LogP contribution >= 0.6 is 0 Å². The van der Waals surface area contributed by atoms with Crippen molar-refractivity contribution in [1.82, 2.24) is 15.0 Å². The molecule has 0 spiro atoms. The summed E-state index contributed by atoms with van der Waals surface area (Å²) in [6.07, 6.45) is 7.51. The van der Waals surface area contributed by atoms with E-state index in [-0.39, 0.29) is 0 Å². The van der Waals surface area contributed by atoms with Gasteiger partial charge in [0, 0.05) is 30.4 Å². The van der Waals surface area contributed by atoms with Crippen molar-refractivity contribution >= 4 is 0 Å². The molecule has 2 aromatic carbocycles. The van der Waals surface area contributed by atoms with E-state index in [1.54, 1.807) is 0 Å². The lowest BCUT2D eigenvalue weighted by Gasteiger charge is -2.33. The molecule has 31 heavy (non-hydrogen) atoms. The Kier molecular flexibility index (Phi) is 4.00. The lowest BCUT2D eigenvalue weighted by atomic mass is 9.68. The SMILES string of the molecule is c1ccc(-c2cccc3c2C(c2cccnc2)(c2ccccn2)c2ccccc2-3)nc1. The summed E-state index contributed by atoms with van der Waals surface area (Å²) in [7, 11) is 0. The number of aromatic nitrogens is 3. The van der Waals surface area contributed by atoms with E-state index >= 15 is 0 Å². The first kappa shape index (κ1) is 17.7. The van der Waals surface area contributed by atoms with E-state index < -0.39 is 5.41 Å². The van der Waals surface area contributed by atoms with Crippen LogP contribution in [0.3, 0.4) is 0 Å². The van der Waals surface area contributed by atoms with E-state index in [0.29, 0.717) is 0 Å². The van der Waals surface area contributed by atoms with Gasteiger partial charge in [-0.3, -0.25) is 15.0 Å². The molecule has 146 valence electrons. The monoisotopic (exact) mass is 397 g/mol. The summed E-state index contributed by atoms with van der Waals surface area (Å²) >= 11 is 0. The summed E-state index contributed by atoms with van der Waals surface area (Å²) in [5.41, 5.74) is 8.45. The number of hydrogen-bond acceptors (Lipinski definition) is 3. The molecule has 3 nitrogen and oxygen atoms in total. The van der Waals surface area contributed by atoms with Gasteiger partial charge in [-0.05, 0) is 58.1 Å². The minimum absolute atomic E-state index is 0.574. The van der Waals surface area contributed by atoms with Crippen molar-refractivity contribution < 1.29 is 0 Å². The highest BCUT2D eigenvalue weighted by atomic mass is 14.7. The highest BCUT2D eigenvalue weighted by Gasteiger charge is 2.48. The van der Waals surface area contributed by atoms with Gasteiger partial charge in [0.2, 0.25) is 0 Å². The fourth-order valence-electron chi connectivity index (χ4n) is 4.98. The zero-order valence-electron chi connectivity index (χ0n) is 16.8. The van der Waals surface area contributed by atoms with Gasteiger partial charge in [-0.15, -0.1) is 0 Å². The molecule has 6 rings (SSSR count). The van der Waals surface area contributed by atoms with Gasteiger partial charge in [0.05, 0.1) is 16.8 Å². The molecule has 1 unspecified atom stereocenters. The summed E-state index contributed by atoms with van der Waals surface area (Å²) < 4.78 is 0. The molecule has 0 saturated heterocycles. The zero-order valence-corrected chi connectivity index (χ0v) is 16.8. The predicted octanol–water partition coefficient (Wildman–Crippen LogP) is 5.90. The van der Waals surface area contributed by atoms with Gasteiger partial charge in [-0.25, -0.2) is 0 Å². The number of benzene rings is 2. The van der Waals surface area contributed by atoms with Crippen molar-refractivity contribution in [2.45, 2.75) is 5.41 Å². The van der Waals surface area contributed by atoms with Crippen LogP contribution in [-0.4, -0.2) is 15.0 Å². The van der Waals surface area contributed by atoms with Crippen LogP contribution in [0.4, 0.5) is 0 Å². The Morgan fingerprint density at radius 3 is 2.10 bits per heavy atom.